The highest BCUT2D eigenvalue weighted by molar-refractivity contribution is 14.1. The minimum Gasteiger partial charge on any atom is -0.487 e. The van der Waals surface area contributed by atoms with Crippen LogP contribution in [0.1, 0.15) is 44.8 Å². The van der Waals surface area contributed by atoms with Crippen molar-refractivity contribution < 1.29 is 9.53 Å². The van der Waals surface area contributed by atoms with E-state index in [0.29, 0.717) is 17.2 Å². The van der Waals surface area contributed by atoms with Crippen LogP contribution in [-0.2, 0) is 19.4 Å². The highest BCUT2D eigenvalue weighted by Crippen LogP contribution is 2.40. The second-order valence-corrected chi connectivity index (χ2v) is 12.2. The van der Waals surface area contributed by atoms with Crippen LogP contribution in [0.4, 0.5) is 10.7 Å². The molecule has 0 radical (unpaired) electrons. The second-order valence-electron chi connectivity index (χ2n) is 8.70. The first-order chi connectivity index (χ1) is 18.0. The monoisotopic (exact) mass is 704 g/mol. The third-order valence-electron chi connectivity index (χ3n) is 6.04. The van der Waals surface area contributed by atoms with E-state index in [2.05, 4.69) is 43.8 Å². The standard InChI is InChI=1S/C29H23BrClIN2O2S/c30-23-14-19(15-24(32)27(23)36-17-18-7-6-8-20(31)13-18)16-33-29-26(22-11-4-5-12-25(22)37-29)28(35)34-21-9-2-1-3-10-21/h1-3,6-10,13-16H,4-5,11-12,17H2,(H,34,35). The van der Waals surface area contributed by atoms with Crippen molar-refractivity contribution in [2.45, 2.75) is 32.3 Å². The summed E-state index contributed by atoms with van der Waals surface area (Å²) in [5, 5.41) is 4.50. The van der Waals surface area contributed by atoms with Crippen molar-refractivity contribution in [3.63, 3.8) is 0 Å². The summed E-state index contributed by atoms with van der Waals surface area (Å²) >= 11 is 13.7. The Morgan fingerprint density at radius 2 is 1.92 bits per heavy atom. The number of hydrogen-bond donors (Lipinski definition) is 1. The van der Waals surface area contributed by atoms with Crippen LogP contribution < -0.4 is 10.1 Å². The van der Waals surface area contributed by atoms with Gasteiger partial charge in [-0.25, -0.2) is 4.99 Å². The van der Waals surface area contributed by atoms with Crippen LogP contribution in [0.3, 0.4) is 0 Å². The Bertz CT molecular complexity index is 1450. The van der Waals surface area contributed by atoms with E-state index in [1.54, 1.807) is 11.3 Å². The van der Waals surface area contributed by atoms with Crippen LogP contribution in [0.15, 0.2) is 76.2 Å². The molecule has 3 aromatic carbocycles. The third kappa shape index (κ3) is 6.45. The van der Waals surface area contributed by atoms with E-state index in [-0.39, 0.29) is 5.91 Å². The molecule has 0 spiro atoms. The van der Waals surface area contributed by atoms with Crippen molar-refractivity contribution in [2.75, 3.05) is 5.32 Å². The van der Waals surface area contributed by atoms with Gasteiger partial charge in [-0.3, -0.25) is 4.79 Å². The minimum atomic E-state index is -0.0988. The molecule has 1 N–H and O–H groups in total. The van der Waals surface area contributed by atoms with Gasteiger partial charge < -0.3 is 10.1 Å². The molecule has 5 rings (SSSR count). The minimum absolute atomic E-state index is 0.0988. The predicted molar refractivity (Wildman–Crippen MR) is 165 cm³/mol. The molecule has 0 atom stereocenters. The summed E-state index contributed by atoms with van der Waals surface area (Å²) in [7, 11) is 0. The van der Waals surface area contributed by atoms with E-state index >= 15 is 0 Å². The maximum atomic E-state index is 13.3. The van der Waals surface area contributed by atoms with Gasteiger partial charge in [-0.2, -0.15) is 0 Å². The number of fused-ring (bicyclic) bond motifs is 1. The van der Waals surface area contributed by atoms with E-state index in [9.17, 15) is 4.79 Å². The number of anilines is 1. The van der Waals surface area contributed by atoms with Crippen molar-refractivity contribution in [1.82, 2.24) is 0 Å². The Hall–Kier alpha value is -2.20. The smallest absolute Gasteiger partial charge is 0.259 e. The number of aliphatic imine (C=N–C) groups is 1. The van der Waals surface area contributed by atoms with Gasteiger partial charge in [0, 0.05) is 21.8 Å². The van der Waals surface area contributed by atoms with Crippen molar-refractivity contribution in [2.24, 2.45) is 4.99 Å². The fourth-order valence-electron chi connectivity index (χ4n) is 4.30. The Morgan fingerprint density at radius 1 is 1.11 bits per heavy atom. The number of nitrogens with zero attached hydrogens (tertiary/aromatic N) is 1. The summed E-state index contributed by atoms with van der Waals surface area (Å²) in [4.78, 5) is 19.4. The largest absolute Gasteiger partial charge is 0.487 e. The second kappa shape index (κ2) is 12.1. The van der Waals surface area contributed by atoms with E-state index < -0.39 is 0 Å². The molecule has 1 amide bonds. The Balaban J connectivity index is 1.38. The molecule has 8 heteroatoms. The zero-order chi connectivity index (χ0) is 25.8. The molecular weight excluding hydrogens is 683 g/mol. The number of benzene rings is 3. The molecule has 1 aromatic heterocycles. The van der Waals surface area contributed by atoms with Crippen LogP contribution in [0.5, 0.6) is 5.75 Å². The summed E-state index contributed by atoms with van der Waals surface area (Å²) in [6.07, 6.45) is 5.99. The molecule has 37 heavy (non-hydrogen) atoms. The average Bonchev–Trinajstić information content (AvgIpc) is 3.26. The van der Waals surface area contributed by atoms with E-state index in [1.165, 1.54) is 4.88 Å². The Kier molecular flexibility index (Phi) is 8.64. The van der Waals surface area contributed by atoms with Crippen molar-refractivity contribution >= 4 is 84.3 Å². The van der Waals surface area contributed by atoms with Gasteiger partial charge in [0.2, 0.25) is 0 Å². The van der Waals surface area contributed by atoms with Crippen LogP contribution in [0.25, 0.3) is 0 Å². The normalized spacial score (nSPS) is 12.9. The number of para-hydroxylation sites is 1. The first-order valence-corrected chi connectivity index (χ1v) is 15.0. The summed E-state index contributed by atoms with van der Waals surface area (Å²) < 4.78 is 7.88. The van der Waals surface area contributed by atoms with Crippen molar-refractivity contribution in [3.8, 4) is 5.75 Å². The Labute approximate surface area is 247 Å². The third-order valence-corrected chi connectivity index (χ3v) is 8.86. The number of thiophene rings is 1. The quantitative estimate of drug-likeness (QED) is 0.154. The fourth-order valence-corrected chi connectivity index (χ4v) is 7.51. The average molecular weight is 706 g/mol. The molecule has 1 aliphatic rings. The van der Waals surface area contributed by atoms with Crippen LogP contribution in [0.2, 0.25) is 5.02 Å². The molecule has 0 unspecified atom stereocenters. The van der Waals surface area contributed by atoms with E-state index in [1.807, 2.05) is 72.9 Å². The molecule has 188 valence electrons. The molecule has 0 saturated heterocycles. The lowest BCUT2D eigenvalue weighted by Crippen LogP contribution is -2.14. The van der Waals surface area contributed by atoms with E-state index in [0.717, 1.165) is 66.9 Å². The highest BCUT2D eigenvalue weighted by Gasteiger charge is 2.25. The van der Waals surface area contributed by atoms with Gasteiger partial charge in [0.05, 0.1) is 13.6 Å². The van der Waals surface area contributed by atoms with Gasteiger partial charge in [-0.1, -0.05) is 41.9 Å². The lowest BCUT2D eigenvalue weighted by molar-refractivity contribution is 0.102. The molecule has 1 aliphatic carbocycles. The number of halogens is 3. The van der Waals surface area contributed by atoms with Crippen molar-refractivity contribution in [3.05, 3.63) is 107 Å². The fraction of sp³-hybridized carbons (Fsp3) is 0.172. The molecule has 0 saturated carbocycles. The van der Waals surface area contributed by atoms with Crippen LogP contribution in [0, 0.1) is 3.57 Å². The lowest BCUT2D eigenvalue weighted by atomic mass is 9.95. The van der Waals surface area contributed by atoms with Gasteiger partial charge in [-0.15, -0.1) is 11.3 Å². The van der Waals surface area contributed by atoms with Gasteiger partial charge in [0.1, 0.15) is 17.4 Å². The summed E-state index contributed by atoms with van der Waals surface area (Å²) in [6.45, 7) is 0.420. The zero-order valence-corrected chi connectivity index (χ0v) is 25.1. The predicted octanol–water partition coefficient (Wildman–Crippen LogP) is 9.23. The number of rotatable bonds is 7. The molecule has 1 heterocycles. The SMILES string of the molecule is O=C(Nc1ccccc1)c1c(N=Cc2cc(Br)c(OCc3cccc(Cl)c3)c(I)c2)sc2c1CCCC2. The van der Waals surface area contributed by atoms with E-state index in [4.69, 9.17) is 21.3 Å². The molecule has 0 aliphatic heterocycles. The van der Waals surface area contributed by atoms with Gasteiger partial charge >= 0.3 is 0 Å². The van der Waals surface area contributed by atoms with Gasteiger partial charge in [0.25, 0.3) is 5.91 Å². The number of nitrogens with one attached hydrogen (secondary N) is 1. The first-order valence-electron chi connectivity index (χ1n) is 11.9. The lowest BCUT2D eigenvalue weighted by Gasteiger charge is -2.13. The van der Waals surface area contributed by atoms with Crippen molar-refractivity contribution in [1.29, 1.82) is 0 Å². The van der Waals surface area contributed by atoms with Gasteiger partial charge in [-0.05, 0) is 117 Å². The van der Waals surface area contributed by atoms with Crippen LogP contribution >= 0.6 is 61.5 Å². The summed E-state index contributed by atoms with van der Waals surface area (Å²) in [6, 6.07) is 21.2. The maximum Gasteiger partial charge on any atom is 0.259 e. The topological polar surface area (TPSA) is 50.7 Å². The van der Waals surface area contributed by atoms with Gasteiger partial charge in [0.15, 0.2) is 0 Å². The number of ether oxygens (including phenoxy) is 1. The Morgan fingerprint density at radius 3 is 2.70 bits per heavy atom. The number of hydrogen-bond acceptors (Lipinski definition) is 4. The zero-order valence-electron chi connectivity index (χ0n) is 19.8. The van der Waals surface area contributed by atoms with Crippen LogP contribution in [-0.4, -0.2) is 12.1 Å². The molecule has 4 aromatic rings. The number of carbonyl (C=O) groups is 1. The summed E-state index contributed by atoms with van der Waals surface area (Å²) in [5.41, 5.74) is 4.56. The first kappa shape index (κ1) is 26.4. The molecule has 0 bridgehead atoms. The molecular formula is C29H23BrClIN2O2S. The number of carbonyl (C=O) groups excluding carboxylic acids is 1. The maximum absolute atomic E-state index is 13.3. The highest BCUT2D eigenvalue weighted by atomic mass is 127. The number of aryl methyl sites for hydroxylation is 1. The molecule has 4 nitrogen and oxygen atoms in total. The summed E-state index contributed by atoms with van der Waals surface area (Å²) in [5.74, 6) is 0.672. The number of amides is 1. The molecule has 0 fully saturated rings.